The molecule has 0 unspecified atom stereocenters. The molecule has 0 heterocycles. The van der Waals surface area contributed by atoms with Crippen LogP contribution in [0.1, 0.15) is 37.0 Å². The van der Waals surface area contributed by atoms with Crippen LogP contribution in [0.5, 0.6) is 0 Å². The van der Waals surface area contributed by atoms with Crippen molar-refractivity contribution in [1.29, 1.82) is 0 Å². The molecule has 1 amide bonds. The van der Waals surface area contributed by atoms with Crippen molar-refractivity contribution < 1.29 is 9.18 Å². The van der Waals surface area contributed by atoms with Crippen molar-refractivity contribution in [2.45, 2.75) is 32.7 Å². The summed E-state index contributed by atoms with van der Waals surface area (Å²) in [5.74, 6) is 0.0128. The number of carbonyl (C=O) groups excluding carboxylic acids is 1. The molecule has 0 saturated heterocycles. The SMILES string of the molecule is CC(C)N(CC1CC1)C(=O)c1cc(N)cc(F)c1. The van der Waals surface area contributed by atoms with E-state index in [-0.39, 0.29) is 17.6 Å². The molecule has 0 aromatic heterocycles. The van der Waals surface area contributed by atoms with Gasteiger partial charge in [0.25, 0.3) is 5.91 Å². The van der Waals surface area contributed by atoms with Gasteiger partial charge in [-0.2, -0.15) is 0 Å². The molecule has 1 saturated carbocycles. The average Bonchev–Trinajstić information content (AvgIpc) is 3.07. The lowest BCUT2D eigenvalue weighted by Gasteiger charge is -2.27. The summed E-state index contributed by atoms with van der Waals surface area (Å²) in [6.07, 6.45) is 2.36. The summed E-state index contributed by atoms with van der Waals surface area (Å²) in [5.41, 5.74) is 6.20. The van der Waals surface area contributed by atoms with Gasteiger partial charge in [-0.15, -0.1) is 0 Å². The van der Waals surface area contributed by atoms with E-state index in [0.29, 0.717) is 11.5 Å². The van der Waals surface area contributed by atoms with E-state index in [0.717, 1.165) is 6.54 Å². The third kappa shape index (κ3) is 3.00. The van der Waals surface area contributed by atoms with Crippen molar-refractivity contribution in [3.8, 4) is 0 Å². The minimum atomic E-state index is -0.464. The van der Waals surface area contributed by atoms with Gasteiger partial charge in [-0.3, -0.25) is 4.79 Å². The predicted octanol–water partition coefficient (Wildman–Crippen LogP) is 2.67. The second-order valence-corrected chi connectivity index (χ2v) is 5.27. The van der Waals surface area contributed by atoms with Crippen LogP contribution < -0.4 is 5.73 Å². The number of nitrogen functional groups attached to an aromatic ring is 1. The van der Waals surface area contributed by atoms with Gasteiger partial charge in [-0.1, -0.05) is 0 Å². The molecule has 1 aliphatic carbocycles. The van der Waals surface area contributed by atoms with E-state index in [9.17, 15) is 9.18 Å². The van der Waals surface area contributed by atoms with Crippen LogP contribution in [-0.2, 0) is 0 Å². The molecule has 1 aromatic rings. The number of anilines is 1. The molecule has 2 N–H and O–H groups in total. The highest BCUT2D eigenvalue weighted by atomic mass is 19.1. The summed E-state index contributed by atoms with van der Waals surface area (Å²) >= 11 is 0. The maximum atomic E-state index is 13.3. The zero-order valence-electron chi connectivity index (χ0n) is 10.8. The largest absolute Gasteiger partial charge is 0.399 e. The number of nitrogens with zero attached hydrogens (tertiary/aromatic N) is 1. The quantitative estimate of drug-likeness (QED) is 0.835. The summed E-state index contributed by atoms with van der Waals surface area (Å²) in [4.78, 5) is 14.2. The van der Waals surface area contributed by atoms with E-state index in [2.05, 4.69) is 0 Å². The van der Waals surface area contributed by atoms with Gasteiger partial charge in [0, 0.05) is 23.8 Å². The molecule has 1 fully saturated rings. The molecular formula is C14H19FN2O. The van der Waals surface area contributed by atoms with Gasteiger partial charge in [0.2, 0.25) is 0 Å². The number of hydrogen-bond acceptors (Lipinski definition) is 2. The smallest absolute Gasteiger partial charge is 0.254 e. The summed E-state index contributed by atoms with van der Waals surface area (Å²) in [6.45, 7) is 4.71. The third-order valence-electron chi connectivity index (χ3n) is 3.20. The van der Waals surface area contributed by atoms with Crippen LogP contribution in [0, 0.1) is 11.7 Å². The predicted molar refractivity (Wildman–Crippen MR) is 69.7 cm³/mol. The minimum absolute atomic E-state index is 0.114. The van der Waals surface area contributed by atoms with E-state index in [1.807, 2.05) is 13.8 Å². The third-order valence-corrected chi connectivity index (χ3v) is 3.20. The number of hydrogen-bond donors (Lipinski definition) is 1. The minimum Gasteiger partial charge on any atom is -0.399 e. The summed E-state index contributed by atoms with van der Waals surface area (Å²) in [7, 11) is 0. The van der Waals surface area contributed by atoms with Crippen molar-refractivity contribution in [2.75, 3.05) is 12.3 Å². The lowest BCUT2D eigenvalue weighted by molar-refractivity contribution is 0.0696. The number of rotatable bonds is 4. The number of amides is 1. The van der Waals surface area contributed by atoms with Crippen LogP contribution in [0.2, 0.25) is 0 Å². The van der Waals surface area contributed by atoms with E-state index in [1.165, 1.54) is 31.0 Å². The lowest BCUT2D eigenvalue weighted by Crippen LogP contribution is -2.38. The topological polar surface area (TPSA) is 46.3 Å². The fourth-order valence-electron chi connectivity index (χ4n) is 2.01. The van der Waals surface area contributed by atoms with Gasteiger partial charge in [0.05, 0.1) is 0 Å². The van der Waals surface area contributed by atoms with E-state index < -0.39 is 5.82 Å². The first kappa shape index (κ1) is 12.9. The molecule has 0 atom stereocenters. The van der Waals surface area contributed by atoms with E-state index in [1.54, 1.807) is 4.90 Å². The molecule has 98 valence electrons. The number of nitrogens with two attached hydrogens (primary N) is 1. The number of benzene rings is 1. The van der Waals surface area contributed by atoms with Gasteiger partial charge >= 0.3 is 0 Å². The summed E-state index contributed by atoms with van der Waals surface area (Å²) < 4.78 is 13.3. The highest BCUT2D eigenvalue weighted by Crippen LogP contribution is 2.31. The molecule has 0 bridgehead atoms. The van der Waals surface area contributed by atoms with Crippen LogP contribution in [0.25, 0.3) is 0 Å². The number of carbonyl (C=O) groups is 1. The zero-order valence-corrected chi connectivity index (χ0v) is 10.8. The Balaban J connectivity index is 2.20. The lowest BCUT2D eigenvalue weighted by atomic mass is 10.1. The maximum Gasteiger partial charge on any atom is 0.254 e. The molecule has 18 heavy (non-hydrogen) atoms. The van der Waals surface area contributed by atoms with Crippen LogP contribution in [0.4, 0.5) is 10.1 Å². The Morgan fingerprint density at radius 2 is 2.11 bits per heavy atom. The van der Waals surface area contributed by atoms with Gasteiger partial charge in [-0.05, 0) is 50.8 Å². The Kier molecular flexibility index (Phi) is 3.55. The fourth-order valence-corrected chi connectivity index (χ4v) is 2.01. The first-order chi connectivity index (χ1) is 8.47. The maximum absolute atomic E-state index is 13.3. The monoisotopic (exact) mass is 250 g/mol. The molecule has 0 aliphatic heterocycles. The van der Waals surface area contributed by atoms with Crippen molar-refractivity contribution in [3.63, 3.8) is 0 Å². The highest BCUT2D eigenvalue weighted by Gasteiger charge is 2.28. The Labute approximate surface area is 107 Å². The zero-order chi connectivity index (χ0) is 13.3. The standard InChI is InChI=1S/C14H19FN2O/c1-9(2)17(8-10-3-4-10)14(18)11-5-12(15)7-13(16)6-11/h5-7,9-10H,3-4,8,16H2,1-2H3. The molecule has 1 aliphatic rings. The van der Waals surface area contributed by atoms with Crippen LogP contribution >= 0.6 is 0 Å². The molecule has 0 spiro atoms. The summed E-state index contributed by atoms with van der Waals surface area (Å²) in [6, 6.07) is 4.12. The Bertz CT molecular complexity index is 435. The van der Waals surface area contributed by atoms with Crippen molar-refractivity contribution in [1.82, 2.24) is 4.90 Å². The van der Waals surface area contributed by atoms with Crippen LogP contribution in [0.3, 0.4) is 0 Å². The average molecular weight is 250 g/mol. The molecule has 4 heteroatoms. The van der Waals surface area contributed by atoms with Gasteiger partial charge in [-0.25, -0.2) is 4.39 Å². The van der Waals surface area contributed by atoms with E-state index >= 15 is 0 Å². The van der Waals surface area contributed by atoms with Crippen LogP contribution in [-0.4, -0.2) is 23.4 Å². The molecule has 2 rings (SSSR count). The normalized spacial score (nSPS) is 14.9. The van der Waals surface area contributed by atoms with Crippen LogP contribution in [0.15, 0.2) is 18.2 Å². The highest BCUT2D eigenvalue weighted by molar-refractivity contribution is 5.95. The van der Waals surface area contributed by atoms with Crippen molar-refractivity contribution in [3.05, 3.63) is 29.6 Å². The Morgan fingerprint density at radius 1 is 1.44 bits per heavy atom. The molecule has 0 radical (unpaired) electrons. The summed E-state index contributed by atoms with van der Waals surface area (Å²) in [5, 5.41) is 0. The molecule has 3 nitrogen and oxygen atoms in total. The fraction of sp³-hybridized carbons (Fsp3) is 0.500. The first-order valence-electron chi connectivity index (χ1n) is 6.34. The Hall–Kier alpha value is -1.58. The Morgan fingerprint density at radius 3 is 2.61 bits per heavy atom. The van der Waals surface area contributed by atoms with Gasteiger partial charge in [0.1, 0.15) is 5.82 Å². The molecular weight excluding hydrogens is 231 g/mol. The first-order valence-corrected chi connectivity index (χ1v) is 6.34. The van der Waals surface area contributed by atoms with Gasteiger partial charge < -0.3 is 10.6 Å². The van der Waals surface area contributed by atoms with Crippen molar-refractivity contribution in [2.24, 2.45) is 5.92 Å². The second kappa shape index (κ2) is 4.96. The van der Waals surface area contributed by atoms with Crippen molar-refractivity contribution >= 4 is 11.6 Å². The molecule has 1 aromatic carbocycles. The second-order valence-electron chi connectivity index (χ2n) is 5.27. The van der Waals surface area contributed by atoms with E-state index in [4.69, 9.17) is 5.73 Å². The van der Waals surface area contributed by atoms with Gasteiger partial charge in [0.15, 0.2) is 0 Å². The number of halogens is 1.